The molecule has 28 heavy (non-hydrogen) atoms. The number of hydrogen-bond acceptors (Lipinski definition) is 2. The third kappa shape index (κ3) is 2.67. The van der Waals surface area contributed by atoms with Crippen molar-refractivity contribution in [3.8, 4) is 5.69 Å². The highest BCUT2D eigenvalue weighted by Crippen LogP contribution is 2.40. The Morgan fingerprint density at radius 2 is 1.86 bits per heavy atom. The Kier molecular flexibility index (Phi) is 3.76. The molecule has 4 aromatic rings. The highest BCUT2D eigenvalue weighted by molar-refractivity contribution is 5.95. The molecule has 0 bridgehead atoms. The molecule has 1 N–H and O–H groups in total. The standard InChI is InChI=1S/C23H18FN3O/c1-14-22-20(17-10-9-15-5-2-3-6-16(15)11-17)13-21(28)25-23(22)27(26-14)19-8-4-7-18(24)12-19/h2-12,20H,13H2,1H3,(H,25,28)/t20-/m0/s1. The molecule has 0 spiro atoms. The molecule has 0 saturated carbocycles. The first-order valence-corrected chi connectivity index (χ1v) is 9.24. The predicted molar refractivity (Wildman–Crippen MR) is 107 cm³/mol. The Balaban J connectivity index is 1.68. The number of aromatic nitrogens is 2. The lowest BCUT2D eigenvalue weighted by Gasteiger charge is -2.24. The number of fused-ring (bicyclic) bond motifs is 2. The van der Waals surface area contributed by atoms with Crippen LogP contribution in [0.15, 0.2) is 66.7 Å². The Hall–Kier alpha value is -3.47. The lowest BCUT2D eigenvalue weighted by Crippen LogP contribution is -2.25. The second-order valence-corrected chi connectivity index (χ2v) is 7.15. The van der Waals surface area contributed by atoms with E-state index in [-0.39, 0.29) is 17.6 Å². The molecule has 3 aromatic carbocycles. The second-order valence-electron chi connectivity index (χ2n) is 7.15. The average molecular weight is 371 g/mol. The Morgan fingerprint density at radius 3 is 2.68 bits per heavy atom. The van der Waals surface area contributed by atoms with Crippen LogP contribution in [0.4, 0.5) is 10.2 Å². The van der Waals surface area contributed by atoms with Gasteiger partial charge in [-0.25, -0.2) is 9.07 Å². The van der Waals surface area contributed by atoms with E-state index >= 15 is 0 Å². The van der Waals surface area contributed by atoms with Crippen molar-refractivity contribution < 1.29 is 9.18 Å². The zero-order valence-corrected chi connectivity index (χ0v) is 15.3. The van der Waals surface area contributed by atoms with Crippen LogP contribution >= 0.6 is 0 Å². The number of aryl methyl sites for hydroxylation is 1. The number of hydrogen-bond donors (Lipinski definition) is 1. The molecule has 0 fully saturated rings. The number of nitrogens with zero attached hydrogens (tertiary/aromatic N) is 2. The Labute approximate surface area is 161 Å². The van der Waals surface area contributed by atoms with Gasteiger partial charge in [0.15, 0.2) is 0 Å². The van der Waals surface area contributed by atoms with Gasteiger partial charge in [-0.3, -0.25) is 4.79 Å². The van der Waals surface area contributed by atoms with Crippen LogP contribution < -0.4 is 5.32 Å². The van der Waals surface area contributed by atoms with Gasteiger partial charge in [0, 0.05) is 17.9 Å². The SMILES string of the molecule is Cc1nn(-c2cccc(F)c2)c2c1[C@H](c1ccc3ccccc3c1)CC(=O)N2. The molecule has 0 unspecified atom stereocenters. The lowest BCUT2D eigenvalue weighted by atomic mass is 9.85. The van der Waals surface area contributed by atoms with Crippen molar-refractivity contribution in [3.63, 3.8) is 0 Å². The highest BCUT2D eigenvalue weighted by atomic mass is 19.1. The number of carbonyl (C=O) groups excluding carboxylic acids is 1. The molecule has 1 aliphatic heterocycles. The molecule has 0 radical (unpaired) electrons. The smallest absolute Gasteiger partial charge is 0.226 e. The van der Waals surface area contributed by atoms with E-state index in [2.05, 4.69) is 40.7 Å². The topological polar surface area (TPSA) is 46.9 Å². The minimum absolute atomic E-state index is 0.0665. The maximum Gasteiger partial charge on any atom is 0.226 e. The molecule has 5 rings (SSSR count). The Morgan fingerprint density at radius 1 is 1.04 bits per heavy atom. The van der Waals surface area contributed by atoms with Crippen LogP contribution in [0.1, 0.15) is 29.2 Å². The van der Waals surface area contributed by atoms with Crippen LogP contribution in [0.2, 0.25) is 0 Å². The minimum Gasteiger partial charge on any atom is -0.310 e. The van der Waals surface area contributed by atoms with Crippen molar-refractivity contribution in [2.45, 2.75) is 19.3 Å². The summed E-state index contributed by atoms with van der Waals surface area (Å²) in [4.78, 5) is 12.5. The van der Waals surface area contributed by atoms with Crippen molar-refractivity contribution in [2.24, 2.45) is 0 Å². The van der Waals surface area contributed by atoms with Gasteiger partial charge in [-0.2, -0.15) is 5.10 Å². The van der Waals surface area contributed by atoms with Crippen LogP contribution in [-0.2, 0) is 4.79 Å². The largest absolute Gasteiger partial charge is 0.310 e. The maximum absolute atomic E-state index is 13.7. The van der Waals surface area contributed by atoms with Crippen molar-refractivity contribution in [3.05, 3.63) is 89.4 Å². The van der Waals surface area contributed by atoms with E-state index in [1.54, 1.807) is 16.8 Å². The quantitative estimate of drug-likeness (QED) is 0.542. The van der Waals surface area contributed by atoms with E-state index in [9.17, 15) is 9.18 Å². The van der Waals surface area contributed by atoms with Gasteiger partial charge >= 0.3 is 0 Å². The molecule has 1 aliphatic rings. The minimum atomic E-state index is -0.340. The summed E-state index contributed by atoms with van der Waals surface area (Å²) in [6.07, 6.45) is 0.362. The van der Waals surface area contributed by atoms with Crippen molar-refractivity contribution in [2.75, 3.05) is 5.32 Å². The molecular formula is C23H18FN3O. The number of amides is 1. The zero-order valence-electron chi connectivity index (χ0n) is 15.3. The first-order chi connectivity index (χ1) is 13.6. The van der Waals surface area contributed by atoms with Gasteiger partial charge in [0.1, 0.15) is 11.6 Å². The van der Waals surface area contributed by atoms with Crippen LogP contribution in [0.3, 0.4) is 0 Å². The van der Waals surface area contributed by atoms with Gasteiger partial charge in [0.25, 0.3) is 0 Å². The molecule has 5 heteroatoms. The lowest BCUT2D eigenvalue weighted by molar-refractivity contribution is -0.116. The van der Waals surface area contributed by atoms with Gasteiger partial charge in [-0.05, 0) is 41.5 Å². The van der Waals surface area contributed by atoms with E-state index in [0.29, 0.717) is 17.9 Å². The van der Waals surface area contributed by atoms with Crippen LogP contribution in [0, 0.1) is 12.7 Å². The Bertz CT molecular complexity index is 1230. The molecule has 1 amide bonds. The van der Waals surface area contributed by atoms with Crippen LogP contribution in [0.5, 0.6) is 0 Å². The summed E-state index contributed by atoms with van der Waals surface area (Å²) in [6.45, 7) is 1.93. The fraction of sp³-hybridized carbons (Fsp3) is 0.130. The summed E-state index contributed by atoms with van der Waals surface area (Å²) >= 11 is 0. The number of halogens is 1. The number of rotatable bonds is 2. The number of nitrogens with one attached hydrogen (secondary N) is 1. The van der Waals surface area contributed by atoms with E-state index in [1.807, 2.05) is 19.1 Å². The summed E-state index contributed by atoms with van der Waals surface area (Å²) in [5.74, 6) is 0.129. The van der Waals surface area contributed by atoms with Gasteiger partial charge in [0.2, 0.25) is 5.91 Å². The molecule has 0 saturated heterocycles. The number of carbonyl (C=O) groups is 1. The van der Waals surface area contributed by atoms with E-state index in [1.165, 1.54) is 17.5 Å². The second kappa shape index (κ2) is 6.30. The van der Waals surface area contributed by atoms with Gasteiger partial charge in [-0.1, -0.05) is 48.5 Å². The fourth-order valence-electron chi connectivity index (χ4n) is 4.05. The summed E-state index contributed by atoms with van der Waals surface area (Å²) in [5.41, 5.74) is 3.48. The molecule has 4 nitrogen and oxygen atoms in total. The van der Waals surface area contributed by atoms with Gasteiger partial charge < -0.3 is 5.32 Å². The maximum atomic E-state index is 13.7. The van der Waals surface area contributed by atoms with Crippen molar-refractivity contribution in [1.29, 1.82) is 0 Å². The molecule has 138 valence electrons. The highest BCUT2D eigenvalue weighted by Gasteiger charge is 2.32. The number of benzene rings is 3. The third-order valence-electron chi connectivity index (χ3n) is 5.33. The van der Waals surface area contributed by atoms with Gasteiger partial charge in [-0.15, -0.1) is 0 Å². The third-order valence-corrected chi connectivity index (χ3v) is 5.33. The zero-order chi connectivity index (χ0) is 19.3. The fourth-order valence-corrected chi connectivity index (χ4v) is 4.05. The molecule has 2 heterocycles. The first-order valence-electron chi connectivity index (χ1n) is 9.24. The molecule has 0 aliphatic carbocycles. The normalized spacial score (nSPS) is 16.1. The van der Waals surface area contributed by atoms with Crippen molar-refractivity contribution in [1.82, 2.24) is 9.78 Å². The predicted octanol–water partition coefficient (Wildman–Crippen LogP) is 4.95. The van der Waals surface area contributed by atoms with Crippen LogP contribution in [0.25, 0.3) is 16.5 Å². The van der Waals surface area contributed by atoms with Gasteiger partial charge in [0.05, 0.1) is 11.4 Å². The summed E-state index contributed by atoms with van der Waals surface area (Å²) in [6, 6.07) is 20.7. The average Bonchev–Trinajstić information content (AvgIpc) is 3.03. The molecule has 1 aromatic heterocycles. The number of anilines is 1. The first kappa shape index (κ1) is 16.7. The monoisotopic (exact) mass is 371 g/mol. The summed E-state index contributed by atoms with van der Waals surface area (Å²) in [7, 11) is 0. The summed E-state index contributed by atoms with van der Waals surface area (Å²) in [5, 5.41) is 9.86. The van der Waals surface area contributed by atoms with E-state index < -0.39 is 0 Å². The van der Waals surface area contributed by atoms with Crippen molar-refractivity contribution >= 4 is 22.5 Å². The van der Waals surface area contributed by atoms with Crippen LogP contribution in [-0.4, -0.2) is 15.7 Å². The molecular weight excluding hydrogens is 353 g/mol. The summed E-state index contributed by atoms with van der Waals surface area (Å²) < 4.78 is 15.4. The van der Waals surface area contributed by atoms with E-state index in [4.69, 9.17) is 0 Å². The molecule has 1 atom stereocenters. The van der Waals surface area contributed by atoms with E-state index in [0.717, 1.165) is 22.2 Å².